The summed E-state index contributed by atoms with van der Waals surface area (Å²) in [5.41, 5.74) is -0.0341. The standard InChI is InChI=1S/C40H51N5O9S/c1-3-25-21-40(25,38(48)44-55(50,51)27-17-18-27)43-35(46)31-20-26-22-45(31)37(47)33(23-11-7-8-12-23)42-39(49)54-32-19-24(32)13-5-4-6-15-29-34(52-2)28-14-9-10-16-30(28)41-36(29)53-26/h3,9-10,14,16,23-27,31-33H,1,4-8,11-13,15,17-22H2,2H3,(H,42,49)(H,43,46)(H,44,48)/t24-,25-,26-,31+,32-,33+,40-/m1/s1. The lowest BCUT2D eigenvalue weighted by molar-refractivity contribution is -0.142. The molecule has 5 fully saturated rings. The molecular weight excluding hydrogens is 727 g/mol. The predicted molar refractivity (Wildman–Crippen MR) is 202 cm³/mol. The maximum atomic E-state index is 14.8. The van der Waals surface area contributed by atoms with Gasteiger partial charge in [0.05, 0.1) is 30.0 Å². The third-order valence-electron chi connectivity index (χ3n) is 12.5. The molecule has 2 bridgehead atoms. The maximum absolute atomic E-state index is 14.8. The number of alkyl carbamates (subject to hydrolysis) is 1. The van der Waals surface area contributed by atoms with E-state index in [-0.39, 0.29) is 37.3 Å². The summed E-state index contributed by atoms with van der Waals surface area (Å²) in [4.78, 5) is 62.5. The van der Waals surface area contributed by atoms with Crippen LogP contribution in [0.2, 0.25) is 0 Å². The number of aromatic nitrogens is 1. The van der Waals surface area contributed by atoms with Crippen LogP contribution in [0.1, 0.15) is 89.0 Å². The third kappa shape index (κ3) is 7.60. The van der Waals surface area contributed by atoms with Gasteiger partial charge in [-0.05, 0) is 81.8 Å². The summed E-state index contributed by atoms with van der Waals surface area (Å²) in [6.45, 7) is 3.82. The Labute approximate surface area is 321 Å². The molecule has 2 aliphatic heterocycles. The highest BCUT2D eigenvalue weighted by Crippen LogP contribution is 2.46. The predicted octanol–water partition coefficient (Wildman–Crippen LogP) is 4.05. The molecule has 2 aromatic rings. The number of benzene rings is 1. The van der Waals surface area contributed by atoms with Gasteiger partial charge in [-0.2, -0.15) is 0 Å². The first kappa shape index (κ1) is 37.5. The lowest BCUT2D eigenvalue weighted by atomic mass is 9.96. The number of hydrogen-bond donors (Lipinski definition) is 3. The molecule has 3 heterocycles. The van der Waals surface area contributed by atoms with Crippen molar-refractivity contribution in [2.24, 2.45) is 17.8 Å². The van der Waals surface area contributed by atoms with Crippen LogP contribution < -0.4 is 24.8 Å². The topological polar surface area (TPSA) is 182 Å². The quantitative estimate of drug-likeness (QED) is 0.331. The lowest BCUT2D eigenvalue weighted by Crippen LogP contribution is -2.59. The molecule has 15 heteroatoms. The number of carbonyl (C=O) groups excluding carboxylic acids is 4. The molecule has 4 amide bonds. The molecule has 0 unspecified atom stereocenters. The smallest absolute Gasteiger partial charge is 0.408 e. The Bertz CT molecular complexity index is 1980. The van der Waals surface area contributed by atoms with E-state index in [1.54, 1.807) is 7.11 Å². The average molecular weight is 778 g/mol. The summed E-state index contributed by atoms with van der Waals surface area (Å²) < 4.78 is 46.2. The van der Waals surface area contributed by atoms with E-state index in [0.29, 0.717) is 36.4 Å². The van der Waals surface area contributed by atoms with Crippen LogP contribution in [0.25, 0.3) is 10.9 Å². The maximum Gasteiger partial charge on any atom is 0.408 e. The SMILES string of the molecule is C=C[C@@H]1C[C@]1(NC(=O)[C@@H]1C[C@@H]2CN1C(=O)[C@H](C1CCCC1)NC(=O)O[C@@H]1C[C@H]1CCCCCc1c(nc3ccccc3c1OC)O2)C(=O)NS(=O)(=O)C1CC1. The Morgan fingerprint density at radius 2 is 1.76 bits per heavy atom. The number of rotatable bonds is 8. The molecule has 3 N–H and O–H groups in total. The minimum atomic E-state index is -3.89. The van der Waals surface area contributed by atoms with Crippen molar-refractivity contribution in [1.29, 1.82) is 0 Å². The first-order chi connectivity index (χ1) is 26.5. The fourth-order valence-electron chi connectivity index (χ4n) is 9.00. The van der Waals surface area contributed by atoms with Gasteiger partial charge in [-0.15, -0.1) is 6.58 Å². The molecule has 8 rings (SSSR count). The zero-order valence-electron chi connectivity index (χ0n) is 31.3. The van der Waals surface area contributed by atoms with Crippen LogP contribution in [0.5, 0.6) is 11.6 Å². The lowest BCUT2D eigenvalue weighted by Gasteiger charge is -2.32. The van der Waals surface area contributed by atoms with Crippen molar-refractivity contribution in [3.05, 3.63) is 42.5 Å². The second kappa shape index (κ2) is 14.9. The van der Waals surface area contributed by atoms with E-state index in [1.807, 2.05) is 24.3 Å². The molecule has 55 heavy (non-hydrogen) atoms. The van der Waals surface area contributed by atoms with Crippen LogP contribution >= 0.6 is 0 Å². The van der Waals surface area contributed by atoms with Crippen molar-refractivity contribution in [1.82, 2.24) is 25.2 Å². The number of ether oxygens (including phenoxy) is 3. The van der Waals surface area contributed by atoms with Crippen LogP contribution in [0.4, 0.5) is 4.79 Å². The van der Waals surface area contributed by atoms with Crippen molar-refractivity contribution in [2.75, 3.05) is 13.7 Å². The molecule has 0 radical (unpaired) electrons. The van der Waals surface area contributed by atoms with Gasteiger partial charge in [0.1, 0.15) is 35.6 Å². The Hall–Kier alpha value is -4.40. The molecule has 1 aromatic heterocycles. The Balaban J connectivity index is 1.13. The van der Waals surface area contributed by atoms with E-state index in [2.05, 4.69) is 21.9 Å². The normalized spacial score (nSPS) is 31.4. The van der Waals surface area contributed by atoms with Crippen LogP contribution in [0.15, 0.2) is 36.9 Å². The summed E-state index contributed by atoms with van der Waals surface area (Å²) in [6.07, 6.45) is 9.60. The molecule has 4 saturated carbocycles. The van der Waals surface area contributed by atoms with Crippen molar-refractivity contribution in [3.63, 3.8) is 0 Å². The minimum absolute atomic E-state index is 0.0119. The second-order valence-electron chi connectivity index (χ2n) is 16.3. The highest BCUT2D eigenvalue weighted by atomic mass is 32.2. The average Bonchev–Trinajstić information content (AvgIpc) is 4.13. The van der Waals surface area contributed by atoms with Gasteiger partial charge in [0.2, 0.25) is 27.7 Å². The zero-order valence-corrected chi connectivity index (χ0v) is 32.1. The third-order valence-corrected chi connectivity index (χ3v) is 14.3. The van der Waals surface area contributed by atoms with Gasteiger partial charge in [-0.1, -0.05) is 43.9 Å². The van der Waals surface area contributed by atoms with Crippen molar-refractivity contribution in [3.8, 4) is 11.6 Å². The molecule has 7 atom stereocenters. The Morgan fingerprint density at radius 1 is 1.02 bits per heavy atom. The molecule has 296 valence electrons. The highest BCUT2D eigenvalue weighted by molar-refractivity contribution is 7.91. The number of carbonyl (C=O) groups is 4. The summed E-state index contributed by atoms with van der Waals surface area (Å²) in [7, 11) is -2.26. The number of pyridine rings is 1. The van der Waals surface area contributed by atoms with Crippen molar-refractivity contribution in [2.45, 2.75) is 125 Å². The van der Waals surface area contributed by atoms with Gasteiger partial charge in [0.15, 0.2) is 0 Å². The summed E-state index contributed by atoms with van der Waals surface area (Å²) in [5, 5.41) is 5.98. The van der Waals surface area contributed by atoms with Crippen LogP contribution in [0.3, 0.4) is 0 Å². The number of nitrogens with one attached hydrogen (secondary N) is 3. The summed E-state index contributed by atoms with van der Waals surface area (Å²) >= 11 is 0. The first-order valence-corrected chi connectivity index (χ1v) is 21.5. The first-order valence-electron chi connectivity index (χ1n) is 19.9. The van der Waals surface area contributed by atoms with E-state index in [0.717, 1.165) is 68.7 Å². The fraction of sp³-hybridized carbons (Fsp3) is 0.625. The number of nitrogens with zero attached hydrogens (tertiary/aromatic N) is 2. The van der Waals surface area contributed by atoms with Crippen molar-refractivity contribution < 1.29 is 41.8 Å². The number of methoxy groups -OCH3 is 1. The van der Waals surface area contributed by atoms with Gasteiger partial charge in [-0.3, -0.25) is 19.1 Å². The largest absolute Gasteiger partial charge is 0.496 e. The molecule has 0 spiro atoms. The van der Waals surface area contributed by atoms with E-state index < -0.39 is 68.7 Å². The van der Waals surface area contributed by atoms with Crippen LogP contribution in [-0.2, 0) is 35.6 Å². The van der Waals surface area contributed by atoms with E-state index in [1.165, 1.54) is 11.0 Å². The van der Waals surface area contributed by atoms with Crippen LogP contribution in [0, 0.1) is 17.8 Å². The number of amides is 4. The van der Waals surface area contributed by atoms with E-state index >= 15 is 0 Å². The zero-order chi connectivity index (χ0) is 38.5. The van der Waals surface area contributed by atoms with Gasteiger partial charge in [0.25, 0.3) is 5.91 Å². The Morgan fingerprint density at radius 3 is 2.49 bits per heavy atom. The fourth-order valence-corrected chi connectivity index (χ4v) is 10.4. The Kier molecular flexibility index (Phi) is 10.2. The molecule has 4 aliphatic carbocycles. The minimum Gasteiger partial charge on any atom is -0.496 e. The van der Waals surface area contributed by atoms with Gasteiger partial charge in [-0.25, -0.2) is 18.2 Å². The monoisotopic (exact) mass is 777 g/mol. The second-order valence-corrected chi connectivity index (χ2v) is 18.3. The number of fused-ring (bicyclic) bond motifs is 5. The van der Waals surface area contributed by atoms with E-state index in [9.17, 15) is 27.6 Å². The molecule has 1 saturated heterocycles. The van der Waals surface area contributed by atoms with Crippen molar-refractivity contribution >= 4 is 44.7 Å². The highest BCUT2D eigenvalue weighted by Gasteiger charge is 2.62. The van der Waals surface area contributed by atoms with Crippen LogP contribution in [-0.4, -0.2) is 90.9 Å². The van der Waals surface area contributed by atoms with Gasteiger partial charge < -0.3 is 29.7 Å². The number of para-hydroxylation sites is 1. The summed E-state index contributed by atoms with van der Waals surface area (Å²) in [5.74, 6) is -1.20. The molecule has 14 nitrogen and oxygen atoms in total. The number of hydrogen-bond acceptors (Lipinski definition) is 10. The van der Waals surface area contributed by atoms with Gasteiger partial charge >= 0.3 is 6.09 Å². The number of sulfonamides is 1. The molecular formula is C40H51N5O9S. The molecule has 1 aromatic carbocycles. The van der Waals surface area contributed by atoms with E-state index in [4.69, 9.17) is 19.2 Å². The molecule has 6 aliphatic rings. The summed E-state index contributed by atoms with van der Waals surface area (Å²) in [6, 6.07) is 5.64. The van der Waals surface area contributed by atoms with Gasteiger partial charge in [0, 0.05) is 17.7 Å².